The van der Waals surface area contributed by atoms with E-state index in [1.807, 2.05) is 0 Å². The maximum absolute atomic E-state index is 5.69. The van der Waals surface area contributed by atoms with Crippen molar-refractivity contribution in [3.63, 3.8) is 0 Å². The lowest BCUT2D eigenvalue weighted by Crippen LogP contribution is -2.14. The van der Waals surface area contributed by atoms with Gasteiger partial charge in [-0.15, -0.1) is 0 Å². The fourth-order valence-corrected chi connectivity index (χ4v) is 2.04. The highest BCUT2D eigenvalue weighted by molar-refractivity contribution is 5.04. The molecule has 1 heteroatoms. The van der Waals surface area contributed by atoms with Gasteiger partial charge in [0.05, 0.1) is 11.9 Å². The molecule has 3 atom stereocenters. The number of rotatable bonds is 1. The third-order valence-corrected chi connectivity index (χ3v) is 2.77. The molecule has 0 aliphatic carbocycles. The standard InChI is InChI=1S/C10H18O/c1-5-9-7(3)10(6-2)11-8(9)4/h6-9H,5H2,1-4H3. The first kappa shape index (κ1) is 8.63. The molecule has 11 heavy (non-hydrogen) atoms. The predicted octanol–water partition coefficient (Wildman–Crippen LogP) is 2.97. The summed E-state index contributed by atoms with van der Waals surface area (Å²) in [5.41, 5.74) is 0. The van der Waals surface area contributed by atoms with E-state index in [-0.39, 0.29) is 0 Å². The third kappa shape index (κ3) is 1.42. The fourth-order valence-electron chi connectivity index (χ4n) is 2.04. The zero-order chi connectivity index (χ0) is 8.43. The number of hydrogen-bond acceptors (Lipinski definition) is 1. The Morgan fingerprint density at radius 1 is 1.45 bits per heavy atom. The lowest BCUT2D eigenvalue weighted by Gasteiger charge is -2.12. The molecule has 0 aromatic carbocycles. The van der Waals surface area contributed by atoms with Crippen molar-refractivity contribution in [1.29, 1.82) is 0 Å². The quantitative estimate of drug-likeness (QED) is 0.564. The second kappa shape index (κ2) is 3.29. The zero-order valence-electron chi connectivity index (χ0n) is 7.92. The van der Waals surface area contributed by atoms with Gasteiger partial charge < -0.3 is 4.74 Å². The minimum Gasteiger partial charge on any atom is -0.495 e. The summed E-state index contributed by atoms with van der Waals surface area (Å²) >= 11 is 0. The molecule has 64 valence electrons. The van der Waals surface area contributed by atoms with Crippen LogP contribution in [-0.2, 0) is 4.74 Å². The molecule has 3 unspecified atom stereocenters. The van der Waals surface area contributed by atoms with Gasteiger partial charge in [-0.05, 0) is 26.3 Å². The first-order valence-corrected chi connectivity index (χ1v) is 4.53. The van der Waals surface area contributed by atoms with Gasteiger partial charge in [0.15, 0.2) is 0 Å². The normalized spacial score (nSPS) is 41.1. The summed E-state index contributed by atoms with van der Waals surface area (Å²) < 4.78 is 5.69. The Morgan fingerprint density at radius 2 is 2.09 bits per heavy atom. The van der Waals surface area contributed by atoms with Gasteiger partial charge in [0.1, 0.15) is 0 Å². The first-order chi connectivity index (χ1) is 5.20. The van der Waals surface area contributed by atoms with Gasteiger partial charge in [-0.2, -0.15) is 0 Å². The van der Waals surface area contributed by atoms with E-state index in [0.717, 1.165) is 5.92 Å². The van der Waals surface area contributed by atoms with Gasteiger partial charge in [0, 0.05) is 11.8 Å². The van der Waals surface area contributed by atoms with Crippen molar-refractivity contribution in [2.45, 2.75) is 40.2 Å². The van der Waals surface area contributed by atoms with Crippen LogP contribution in [0.5, 0.6) is 0 Å². The highest BCUT2D eigenvalue weighted by Gasteiger charge is 2.33. The Morgan fingerprint density at radius 3 is 2.36 bits per heavy atom. The van der Waals surface area contributed by atoms with Crippen LogP contribution < -0.4 is 0 Å². The van der Waals surface area contributed by atoms with Crippen LogP contribution in [0.2, 0.25) is 0 Å². The molecule has 1 rings (SSSR count). The average Bonchev–Trinajstić information content (AvgIpc) is 2.26. The van der Waals surface area contributed by atoms with Crippen molar-refractivity contribution in [2.75, 3.05) is 0 Å². The van der Waals surface area contributed by atoms with E-state index in [4.69, 9.17) is 4.74 Å². The summed E-state index contributed by atoms with van der Waals surface area (Å²) in [6.45, 7) is 8.71. The van der Waals surface area contributed by atoms with Gasteiger partial charge in [-0.3, -0.25) is 0 Å². The van der Waals surface area contributed by atoms with Crippen molar-refractivity contribution in [2.24, 2.45) is 11.8 Å². The Kier molecular flexibility index (Phi) is 2.58. The molecule has 1 fully saturated rings. The molecule has 0 aromatic rings. The van der Waals surface area contributed by atoms with Gasteiger partial charge in [0.2, 0.25) is 0 Å². The maximum atomic E-state index is 5.69. The summed E-state index contributed by atoms with van der Waals surface area (Å²) in [4.78, 5) is 0. The van der Waals surface area contributed by atoms with Crippen LogP contribution in [0.25, 0.3) is 0 Å². The van der Waals surface area contributed by atoms with Crippen molar-refractivity contribution >= 4 is 0 Å². The highest BCUT2D eigenvalue weighted by Crippen LogP contribution is 2.36. The topological polar surface area (TPSA) is 9.23 Å². The van der Waals surface area contributed by atoms with Crippen LogP contribution in [0.15, 0.2) is 11.8 Å². The van der Waals surface area contributed by atoms with Crippen LogP contribution in [0.1, 0.15) is 34.1 Å². The van der Waals surface area contributed by atoms with Crippen molar-refractivity contribution in [1.82, 2.24) is 0 Å². The van der Waals surface area contributed by atoms with Gasteiger partial charge in [-0.1, -0.05) is 13.8 Å². The molecule has 1 heterocycles. The smallest absolute Gasteiger partial charge is 0.0989 e. The minimum absolute atomic E-state index is 0.418. The lowest BCUT2D eigenvalue weighted by atomic mass is 9.89. The molecular weight excluding hydrogens is 136 g/mol. The molecule has 1 nitrogen and oxygen atoms in total. The monoisotopic (exact) mass is 154 g/mol. The fraction of sp³-hybridized carbons (Fsp3) is 0.800. The van der Waals surface area contributed by atoms with Crippen LogP contribution in [0.3, 0.4) is 0 Å². The van der Waals surface area contributed by atoms with E-state index in [0.29, 0.717) is 12.0 Å². The molecule has 0 radical (unpaired) electrons. The second-order valence-electron chi connectivity index (χ2n) is 3.37. The zero-order valence-corrected chi connectivity index (χ0v) is 7.92. The summed E-state index contributed by atoms with van der Waals surface area (Å²) in [7, 11) is 0. The molecule has 0 N–H and O–H groups in total. The van der Waals surface area contributed by atoms with Crippen molar-refractivity contribution < 1.29 is 4.74 Å². The lowest BCUT2D eigenvalue weighted by molar-refractivity contribution is 0.145. The number of allylic oxidation sites excluding steroid dienone is 2. The molecule has 0 saturated carbocycles. The van der Waals surface area contributed by atoms with Gasteiger partial charge in [-0.25, -0.2) is 0 Å². The molecule has 1 saturated heterocycles. The average molecular weight is 154 g/mol. The van der Waals surface area contributed by atoms with Crippen LogP contribution in [0.4, 0.5) is 0 Å². The van der Waals surface area contributed by atoms with Gasteiger partial charge >= 0.3 is 0 Å². The van der Waals surface area contributed by atoms with Crippen molar-refractivity contribution in [3.05, 3.63) is 11.8 Å². The van der Waals surface area contributed by atoms with E-state index in [2.05, 4.69) is 33.8 Å². The number of hydrogen-bond donors (Lipinski definition) is 0. The van der Waals surface area contributed by atoms with Crippen LogP contribution in [-0.4, -0.2) is 6.10 Å². The summed E-state index contributed by atoms with van der Waals surface area (Å²) in [6.07, 6.45) is 3.73. The number of ether oxygens (including phenoxy) is 1. The molecule has 0 aromatic heterocycles. The summed E-state index contributed by atoms with van der Waals surface area (Å²) in [6, 6.07) is 0. The summed E-state index contributed by atoms with van der Waals surface area (Å²) in [5.74, 6) is 2.53. The van der Waals surface area contributed by atoms with E-state index in [1.165, 1.54) is 12.2 Å². The Labute approximate surface area is 69.4 Å². The molecule has 0 amide bonds. The Hall–Kier alpha value is -0.460. The second-order valence-corrected chi connectivity index (χ2v) is 3.37. The van der Waals surface area contributed by atoms with Gasteiger partial charge in [0.25, 0.3) is 0 Å². The largest absolute Gasteiger partial charge is 0.495 e. The predicted molar refractivity (Wildman–Crippen MR) is 47.2 cm³/mol. The highest BCUT2D eigenvalue weighted by atomic mass is 16.5. The minimum atomic E-state index is 0.418. The third-order valence-electron chi connectivity index (χ3n) is 2.77. The van der Waals surface area contributed by atoms with Crippen molar-refractivity contribution in [3.8, 4) is 0 Å². The Balaban J connectivity index is 2.71. The van der Waals surface area contributed by atoms with Crippen LogP contribution in [0, 0.1) is 11.8 Å². The van der Waals surface area contributed by atoms with E-state index >= 15 is 0 Å². The molecule has 1 aliphatic heterocycles. The molecule has 0 spiro atoms. The SMILES string of the molecule is CC=C1OC(C)C(CC)C1C. The van der Waals surface area contributed by atoms with E-state index in [1.54, 1.807) is 0 Å². The molecular formula is C10H18O. The van der Waals surface area contributed by atoms with E-state index in [9.17, 15) is 0 Å². The Bertz CT molecular complexity index is 160. The summed E-state index contributed by atoms with van der Waals surface area (Å²) in [5, 5.41) is 0. The molecule has 0 bridgehead atoms. The first-order valence-electron chi connectivity index (χ1n) is 4.53. The van der Waals surface area contributed by atoms with Crippen LogP contribution >= 0.6 is 0 Å². The van der Waals surface area contributed by atoms with E-state index < -0.39 is 0 Å². The maximum Gasteiger partial charge on any atom is 0.0989 e. The molecule has 1 aliphatic rings.